The first-order valence-electron chi connectivity index (χ1n) is 6.25. The first kappa shape index (κ1) is 14.0. The van der Waals surface area contributed by atoms with Crippen molar-refractivity contribution in [2.45, 2.75) is 20.4 Å². The smallest absolute Gasteiger partial charge is 0.254 e. The summed E-state index contributed by atoms with van der Waals surface area (Å²) < 4.78 is 5.78. The summed E-state index contributed by atoms with van der Waals surface area (Å²) in [6.45, 7) is 4.32. The lowest BCUT2D eigenvalue weighted by molar-refractivity contribution is 0.0997. The number of nitrogens with zero attached hydrogens (tertiary/aromatic N) is 1. The highest BCUT2D eigenvalue weighted by Gasteiger charge is 2.14. The molecule has 1 amide bonds. The Morgan fingerprint density at radius 3 is 2.50 bits per heavy atom. The first-order chi connectivity index (χ1) is 9.52. The molecule has 1 aromatic carbocycles. The van der Waals surface area contributed by atoms with Gasteiger partial charge in [0.1, 0.15) is 11.3 Å². The highest BCUT2D eigenvalue weighted by Crippen LogP contribution is 2.30. The van der Waals surface area contributed by atoms with Gasteiger partial charge >= 0.3 is 0 Å². The number of pyridine rings is 1. The molecule has 2 rings (SSSR count). The number of benzene rings is 1. The summed E-state index contributed by atoms with van der Waals surface area (Å²) >= 11 is 0. The lowest BCUT2D eigenvalue weighted by Gasteiger charge is -2.14. The van der Waals surface area contributed by atoms with Crippen LogP contribution >= 0.6 is 0 Å². The molecule has 5 heteroatoms. The molecule has 1 heterocycles. The Bertz CT molecular complexity index is 630. The van der Waals surface area contributed by atoms with Crippen LogP contribution in [0.5, 0.6) is 11.6 Å². The van der Waals surface area contributed by atoms with E-state index in [0.29, 0.717) is 12.3 Å². The van der Waals surface area contributed by atoms with Crippen molar-refractivity contribution >= 4 is 5.91 Å². The van der Waals surface area contributed by atoms with E-state index in [1.165, 1.54) is 0 Å². The van der Waals surface area contributed by atoms with Crippen LogP contribution in [0.25, 0.3) is 0 Å². The molecule has 0 bridgehead atoms. The molecule has 0 fully saturated rings. The average Bonchev–Trinajstić information content (AvgIpc) is 2.42. The van der Waals surface area contributed by atoms with Gasteiger partial charge in [0.2, 0.25) is 5.88 Å². The Morgan fingerprint density at radius 2 is 1.95 bits per heavy atom. The van der Waals surface area contributed by atoms with Crippen molar-refractivity contribution in [3.63, 3.8) is 0 Å². The minimum absolute atomic E-state index is 0.215. The molecule has 5 nitrogen and oxygen atoms in total. The third kappa shape index (κ3) is 2.78. The minimum atomic E-state index is -0.568. The summed E-state index contributed by atoms with van der Waals surface area (Å²) in [4.78, 5) is 15.4. The Balaban J connectivity index is 2.43. The van der Waals surface area contributed by atoms with E-state index in [2.05, 4.69) is 4.98 Å². The van der Waals surface area contributed by atoms with Crippen LogP contribution in [0, 0.1) is 13.8 Å². The fraction of sp³-hybridized carbons (Fsp3) is 0.200. The number of hydrogen-bond donors (Lipinski definition) is 2. The van der Waals surface area contributed by atoms with Gasteiger partial charge in [-0.2, -0.15) is 0 Å². The number of carbonyl (C=O) groups excluding carboxylic acids is 1. The second-order valence-corrected chi connectivity index (χ2v) is 4.59. The molecular formula is C15H17N3O2. The maximum atomic E-state index is 11.4. The van der Waals surface area contributed by atoms with E-state index in [9.17, 15) is 4.79 Å². The Kier molecular flexibility index (Phi) is 4.00. The second-order valence-electron chi connectivity index (χ2n) is 4.59. The van der Waals surface area contributed by atoms with E-state index in [-0.39, 0.29) is 11.4 Å². The number of ether oxygens (including phenoxy) is 1. The largest absolute Gasteiger partial charge is 0.438 e. The van der Waals surface area contributed by atoms with Gasteiger partial charge in [-0.15, -0.1) is 0 Å². The number of carbonyl (C=O) groups is 1. The zero-order chi connectivity index (χ0) is 14.7. The van der Waals surface area contributed by atoms with Crippen LogP contribution in [0.3, 0.4) is 0 Å². The van der Waals surface area contributed by atoms with Gasteiger partial charge in [0, 0.05) is 12.7 Å². The van der Waals surface area contributed by atoms with Crippen LogP contribution in [0.1, 0.15) is 27.0 Å². The third-order valence-corrected chi connectivity index (χ3v) is 2.99. The van der Waals surface area contributed by atoms with E-state index in [4.69, 9.17) is 16.2 Å². The number of aryl methyl sites for hydroxylation is 2. The standard InChI is InChI=1S/C15H17N3O2/c1-9-6-11(8-16)7-10(2)13(9)20-15-12(14(17)19)4-3-5-18-15/h3-7H,8,16H2,1-2H3,(H2,17,19). The van der Waals surface area contributed by atoms with E-state index in [1.807, 2.05) is 26.0 Å². The maximum absolute atomic E-state index is 11.4. The molecule has 0 unspecified atom stereocenters. The molecule has 20 heavy (non-hydrogen) atoms. The highest BCUT2D eigenvalue weighted by molar-refractivity contribution is 5.95. The fourth-order valence-electron chi connectivity index (χ4n) is 2.08. The molecule has 0 atom stereocenters. The van der Waals surface area contributed by atoms with E-state index in [1.54, 1.807) is 18.3 Å². The molecule has 104 valence electrons. The van der Waals surface area contributed by atoms with Gasteiger partial charge in [0.15, 0.2) is 0 Å². The van der Waals surface area contributed by atoms with Crippen LogP contribution in [0.2, 0.25) is 0 Å². The van der Waals surface area contributed by atoms with Crippen molar-refractivity contribution < 1.29 is 9.53 Å². The summed E-state index contributed by atoms with van der Waals surface area (Å²) in [6, 6.07) is 7.14. The lowest BCUT2D eigenvalue weighted by atomic mass is 10.1. The predicted octanol–water partition coefficient (Wildman–Crippen LogP) is 2.05. The number of primary amides is 1. The van der Waals surface area contributed by atoms with Crippen LogP contribution in [0.15, 0.2) is 30.5 Å². The molecule has 0 radical (unpaired) electrons. The molecule has 0 aliphatic rings. The van der Waals surface area contributed by atoms with Crippen molar-refractivity contribution in [1.82, 2.24) is 4.98 Å². The summed E-state index contributed by atoms with van der Waals surface area (Å²) in [5.74, 6) is 0.317. The van der Waals surface area contributed by atoms with Crippen molar-refractivity contribution in [2.24, 2.45) is 11.5 Å². The zero-order valence-corrected chi connectivity index (χ0v) is 11.5. The molecule has 0 spiro atoms. The quantitative estimate of drug-likeness (QED) is 0.890. The van der Waals surface area contributed by atoms with Gasteiger partial charge in [-0.1, -0.05) is 12.1 Å². The highest BCUT2D eigenvalue weighted by atomic mass is 16.5. The van der Waals surface area contributed by atoms with Crippen LogP contribution in [-0.4, -0.2) is 10.9 Å². The maximum Gasteiger partial charge on any atom is 0.254 e. The molecule has 0 saturated carbocycles. The number of hydrogen-bond acceptors (Lipinski definition) is 4. The number of aromatic nitrogens is 1. The van der Waals surface area contributed by atoms with Gasteiger partial charge in [0.25, 0.3) is 5.91 Å². The monoisotopic (exact) mass is 271 g/mol. The van der Waals surface area contributed by atoms with Gasteiger partial charge in [-0.25, -0.2) is 4.98 Å². The predicted molar refractivity (Wildman–Crippen MR) is 76.6 cm³/mol. The van der Waals surface area contributed by atoms with Gasteiger partial charge in [0.05, 0.1) is 0 Å². The van der Waals surface area contributed by atoms with Crippen LogP contribution < -0.4 is 16.2 Å². The van der Waals surface area contributed by atoms with E-state index in [0.717, 1.165) is 16.7 Å². The van der Waals surface area contributed by atoms with Crippen LogP contribution in [-0.2, 0) is 6.54 Å². The van der Waals surface area contributed by atoms with Crippen molar-refractivity contribution in [2.75, 3.05) is 0 Å². The van der Waals surface area contributed by atoms with Crippen molar-refractivity contribution in [1.29, 1.82) is 0 Å². The number of rotatable bonds is 4. The summed E-state index contributed by atoms with van der Waals surface area (Å²) in [6.07, 6.45) is 1.56. The molecule has 0 saturated heterocycles. The molecule has 0 aliphatic carbocycles. The van der Waals surface area contributed by atoms with Gasteiger partial charge in [-0.05, 0) is 42.7 Å². The Labute approximate surface area is 117 Å². The summed E-state index contributed by atoms with van der Waals surface area (Å²) in [5.41, 5.74) is 14.1. The molecular weight excluding hydrogens is 254 g/mol. The summed E-state index contributed by atoms with van der Waals surface area (Å²) in [5, 5.41) is 0. The topological polar surface area (TPSA) is 91.2 Å². The second kappa shape index (κ2) is 5.71. The first-order valence-corrected chi connectivity index (χ1v) is 6.25. The van der Waals surface area contributed by atoms with Crippen LogP contribution in [0.4, 0.5) is 0 Å². The molecule has 4 N–H and O–H groups in total. The normalized spacial score (nSPS) is 10.3. The number of nitrogens with two attached hydrogens (primary N) is 2. The fourth-order valence-corrected chi connectivity index (χ4v) is 2.08. The van der Waals surface area contributed by atoms with E-state index < -0.39 is 5.91 Å². The lowest BCUT2D eigenvalue weighted by Crippen LogP contribution is -2.13. The molecule has 2 aromatic rings. The zero-order valence-electron chi connectivity index (χ0n) is 11.5. The van der Waals surface area contributed by atoms with Gasteiger partial charge in [-0.3, -0.25) is 4.79 Å². The van der Waals surface area contributed by atoms with Crippen molar-refractivity contribution in [3.8, 4) is 11.6 Å². The molecule has 0 aliphatic heterocycles. The molecule has 1 aromatic heterocycles. The van der Waals surface area contributed by atoms with Gasteiger partial charge < -0.3 is 16.2 Å². The average molecular weight is 271 g/mol. The SMILES string of the molecule is Cc1cc(CN)cc(C)c1Oc1ncccc1C(N)=O. The number of amides is 1. The Morgan fingerprint density at radius 1 is 1.30 bits per heavy atom. The Hall–Kier alpha value is -2.40. The van der Waals surface area contributed by atoms with Crippen molar-refractivity contribution in [3.05, 3.63) is 52.7 Å². The summed E-state index contributed by atoms with van der Waals surface area (Å²) in [7, 11) is 0. The third-order valence-electron chi connectivity index (χ3n) is 2.99. The minimum Gasteiger partial charge on any atom is -0.438 e. The van der Waals surface area contributed by atoms with E-state index >= 15 is 0 Å².